The number of carbonyl (C=O) groups is 3. The van der Waals surface area contributed by atoms with Crippen molar-refractivity contribution in [3.63, 3.8) is 0 Å². The Morgan fingerprint density at radius 2 is 1.87 bits per heavy atom. The van der Waals surface area contributed by atoms with Crippen molar-refractivity contribution in [1.82, 2.24) is 5.32 Å². The molecule has 0 aliphatic rings. The lowest BCUT2D eigenvalue weighted by Crippen LogP contribution is -2.28. The van der Waals surface area contributed by atoms with Gasteiger partial charge in [-0.2, -0.15) is 0 Å². The van der Waals surface area contributed by atoms with Gasteiger partial charge in [-0.15, -0.1) is 11.3 Å². The van der Waals surface area contributed by atoms with Crippen LogP contribution in [0, 0.1) is 0 Å². The number of rotatable bonds is 8. The number of hydrogen-bond donors (Lipinski definition) is 2. The summed E-state index contributed by atoms with van der Waals surface area (Å²) in [5.74, 6) is -0.906. The van der Waals surface area contributed by atoms with E-state index in [0.717, 1.165) is 11.1 Å². The highest BCUT2D eigenvalue weighted by atomic mass is 32.1. The van der Waals surface area contributed by atoms with Gasteiger partial charge in [0.05, 0.1) is 12.8 Å². The summed E-state index contributed by atoms with van der Waals surface area (Å²) in [5.41, 5.74) is 2.47. The molecule has 0 unspecified atom stereocenters. The van der Waals surface area contributed by atoms with Gasteiger partial charge >= 0.3 is 5.97 Å². The Hall–Kier alpha value is -3.65. The zero-order chi connectivity index (χ0) is 22.2. The third-order valence-corrected chi connectivity index (χ3v) is 5.01. The number of carbonyl (C=O) groups excluding carboxylic acids is 3. The van der Waals surface area contributed by atoms with Gasteiger partial charge in [-0.1, -0.05) is 35.9 Å². The Morgan fingerprint density at radius 3 is 2.55 bits per heavy atom. The molecule has 0 bridgehead atoms. The highest BCUT2D eigenvalue weighted by molar-refractivity contribution is 7.15. The van der Waals surface area contributed by atoms with Gasteiger partial charge in [-0.3, -0.25) is 9.59 Å². The number of benzene rings is 1. The topological polar surface area (TPSA) is 97.6 Å². The molecule has 7 nitrogen and oxygen atoms in total. The average molecular weight is 439 g/mol. The first-order valence-corrected chi connectivity index (χ1v) is 10.4. The lowest BCUT2D eigenvalue weighted by molar-refractivity contribution is -0.124. The van der Waals surface area contributed by atoms with E-state index in [9.17, 15) is 14.4 Å². The van der Waals surface area contributed by atoms with Crippen molar-refractivity contribution < 1.29 is 23.5 Å². The molecule has 0 saturated carbocycles. The summed E-state index contributed by atoms with van der Waals surface area (Å²) in [4.78, 5) is 37.1. The lowest BCUT2D eigenvalue weighted by Gasteiger charge is -2.09. The minimum absolute atomic E-state index is 0.196. The highest BCUT2D eigenvalue weighted by Crippen LogP contribution is 2.36. The van der Waals surface area contributed by atoms with Gasteiger partial charge < -0.3 is 19.8 Å². The Kier molecular flexibility index (Phi) is 7.40. The van der Waals surface area contributed by atoms with Gasteiger partial charge in [0.25, 0.3) is 5.91 Å². The van der Waals surface area contributed by atoms with Crippen LogP contribution in [-0.2, 0) is 20.9 Å². The minimum Gasteiger partial charge on any atom is -0.467 e. The van der Waals surface area contributed by atoms with E-state index in [1.54, 1.807) is 31.4 Å². The van der Waals surface area contributed by atoms with Crippen LogP contribution >= 0.6 is 11.3 Å². The number of amides is 2. The van der Waals surface area contributed by atoms with Crippen molar-refractivity contribution in [2.75, 3.05) is 11.9 Å². The molecule has 160 valence electrons. The smallest absolute Gasteiger partial charge is 0.342 e. The van der Waals surface area contributed by atoms with Gasteiger partial charge in [0, 0.05) is 17.0 Å². The summed E-state index contributed by atoms with van der Waals surface area (Å²) in [6, 6.07) is 12.7. The fourth-order valence-corrected chi connectivity index (χ4v) is 3.71. The van der Waals surface area contributed by atoms with Crippen molar-refractivity contribution in [3.05, 3.63) is 77.1 Å². The Morgan fingerprint density at radius 1 is 1.10 bits per heavy atom. The highest BCUT2D eigenvalue weighted by Gasteiger charge is 2.23. The second kappa shape index (κ2) is 10.4. The van der Waals surface area contributed by atoms with E-state index in [2.05, 4.69) is 10.6 Å². The van der Waals surface area contributed by atoms with Crippen molar-refractivity contribution in [2.45, 2.75) is 20.4 Å². The minimum atomic E-state index is -0.694. The molecule has 0 saturated heterocycles. The second-order valence-corrected chi connectivity index (χ2v) is 7.74. The van der Waals surface area contributed by atoms with Crippen LogP contribution in [0.25, 0.3) is 11.1 Å². The van der Waals surface area contributed by atoms with Gasteiger partial charge in [-0.25, -0.2) is 4.79 Å². The third kappa shape index (κ3) is 6.16. The van der Waals surface area contributed by atoms with Crippen molar-refractivity contribution >= 4 is 34.1 Å². The van der Waals surface area contributed by atoms with E-state index in [-0.39, 0.29) is 18.0 Å². The first-order valence-electron chi connectivity index (χ1n) is 9.53. The molecule has 3 rings (SSSR count). The second-order valence-electron chi connectivity index (χ2n) is 6.86. The molecule has 0 atom stereocenters. The fourth-order valence-electron chi connectivity index (χ4n) is 2.75. The first-order chi connectivity index (χ1) is 14.9. The molecule has 0 fully saturated rings. The maximum Gasteiger partial charge on any atom is 0.342 e. The summed E-state index contributed by atoms with van der Waals surface area (Å²) in [7, 11) is 0. The Labute approximate surface area is 183 Å². The molecule has 2 N–H and O–H groups in total. The number of furan rings is 1. The van der Waals surface area contributed by atoms with E-state index in [0.29, 0.717) is 16.3 Å². The summed E-state index contributed by atoms with van der Waals surface area (Å²) in [5, 5.41) is 7.49. The standard InChI is InChI=1S/C23H22N2O5S/c1-15(2)11-19(26)25-22-21(18(14-31-22)16-7-4-3-5-8-16)23(28)30-13-20(27)24-12-17-9-6-10-29-17/h3-11,14H,12-13H2,1-2H3,(H,24,27)(H,25,26). The number of hydrogen-bond acceptors (Lipinski definition) is 6. The number of thiophene rings is 1. The molecule has 0 aliphatic carbocycles. The molecule has 31 heavy (non-hydrogen) atoms. The fraction of sp³-hybridized carbons (Fsp3) is 0.174. The van der Waals surface area contributed by atoms with Crippen LogP contribution in [-0.4, -0.2) is 24.4 Å². The quantitative estimate of drug-likeness (QED) is 0.402. The number of ether oxygens (including phenoxy) is 1. The SMILES string of the molecule is CC(C)=CC(=O)Nc1scc(-c2ccccc2)c1C(=O)OCC(=O)NCc1ccco1. The van der Waals surface area contributed by atoms with Crippen LogP contribution in [0.3, 0.4) is 0 Å². The van der Waals surface area contributed by atoms with Gasteiger partial charge in [0.1, 0.15) is 16.3 Å². The first kappa shape index (κ1) is 22.0. The number of nitrogens with one attached hydrogen (secondary N) is 2. The Bertz CT molecular complexity index is 1080. The largest absolute Gasteiger partial charge is 0.467 e. The van der Waals surface area contributed by atoms with Crippen LogP contribution in [0.5, 0.6) is 0 Å². The molecule has 2 heterocycles. The zero-order valence-electron chi connectivity index (χ0n) is 17.1. The normalized spacial score (nSPS) is 10.3. The van der Waals surface area contributed by atoms with Gasteiger partial charge in [0.15, 0.2) is 6.61 Å². The maximum atomic E-state index is 12.9. The van der Waals surface area contributed by atoms with Crippen LogP contribution in [0.4, 0.5) is 5.00 Å². The molecular formula is C23H22N2O5S. The monoisotopic (exact) mass is 438 g/mol. The zero-order valence-corrected chi connectivity index (χ0v) is 18.0. The van der Waals surface area contributed by atoms with Crippen molar-refractivity contribution in [3.8, 4) is 11.1 Å². The number of esters is 1. The van der Waals surface area contributed by atoms with Crippen LogP contribution in [0.15, 0.2) is 70.2 Å². The molecular weight excluding hydrogens is 416 g/mol. The summed E-state index contributed by atoms with van der Waals surface area (Å²) in [6.45, 7) is 3.35. The lowest BCUT2D eigenvalue weighted by atomic mass is 10.0. The number of anilines is 1. The third-order valence-electron chi connectivity index (χ3n) is 4.11. The molecule has 1 aromatic carbocycles. The van der Waals surface area contributed by atoms with E-state index in [1.807, 2.05) is 30.3 Å². The summed E-state index contributed by atoms with van der Waals surface area (Å²) in [6.07, 6.45) is 2.95. The van der Waals surface area contributed by atoms with Crippen LogP contribution in [0.2, 0.25) is 0 Å². The van der Waals surface area contributed by atoms with Gasteiger partial charge in [0.2, 0.25) is 5.91 Å². The molecule has 0 radical (unpaired) electrons. The molecule has 8 heteroatoms. The van der Waals surface area contributed by atoms with Crippen molar-refractivity contribution in [2.24, 2.45) is 0 Å². The van der Waals surface area contributed by atoms with Gasteiger partial charge in [-0.05, 0) is 31.5 Å². The van der Waals surface area contributed by atoms with E-state index in [1.165, 1.54) is 23.7 Å². The molecule has 2 aromatic heterocycles. The molecule has 2 amide bonds. The van der Waals surface area contributed by atoms with E-state index < -0.39 is 18.5 Å². The Balaban J connectivity index is 1.75. The summed E-state index contributed by atoms with van der Waals surface area (Å²) < 4.78 is 10.4. The molecule has 0 spiro atoms. The van der Waals surface area contributed by atoms with Crippen LogP contribution < -0.4 is 10.6 Å². The van der Waals surface area contributed by atoms with Crippen LogP contribution in [0.1, 0.15) is 30.0 Å². The van der Waals surface area contributed by atoms with E-state index >= 15 is 0 Å². The van der Waals surface area contributed by atoms with Crippen molar-refractivity contribution in [1.29, 1.82) is 0 Å². The van der Waals surface area contributed by atoms with E-state index in [4.69, 9.17) is 9.15 Å². The average Bonchev–Trinajstić information content (AvgIpc) is 3.40. The number of allylic oxidation sites excluding steroid dienone is 1. The molecule has 3 aromatic rings. The molecule has 0 aliphatic heterocycles. The predicted molar refractivity (Wildman–Crippen MR) is 119 cm³/mol. The summed E-state index contributed by atoms with van der Waals surface area (Å²) >= 11 is 1.22. The predicted octanol–water partition coefficient (Wildman–Crippen LogP) is 4.39. The maximum absolute atomic E-state index is 12.9.